The molecule has 1 aromatic rings. The molecule has 1 aliphatic heterocycles. The average Bonchev–Trinajstić information content (AvgIpc) is 2.79. The molecule has 1 amide bonds. The number of halogens is 3. The lowest BCUT2D eigenvalue weighted by Gasteiger charge is -2.21. The lowest BCUT2D eigenvalue weighted by molar-refractivity contribution is -0.148. The van der Waals surface area contributed by atoms with Crippen LogP contribution in [0.15, 0.2) is 22.8 Å². The maximum absolute atomic E-state index is 13.5. The Morgan fingerprint density at radius 3 is 2.83 bits per heavy atom. The fraction of sp³-hybridized carbons (Fsp3) is 0.455. The molecule has 1 fully saturated rings. The van der Waals surface area contributed by atoms with Crippen LogP contribution >= 0.6 is 15.9 Å². The predicted molar refractivity (Wildman–Crippen MR) is 66.4 cm³/mol. The third-order valence-corrected chi connectivity index (χ3v) is 3.53. The molecule has 2 rings (SSSR count). The first-order chi connectivity index (χ1) is 8.41. The molecular formula is C11H12BrF2N3O. The van der Waals surface area contributed by atoms with Crippen molar-refractivity contribution < 1.29 is 13.6 Å². The fourth-order valence-electron chi connectivity index (χ4n) is 2.02. The number of carbonyl (C=O) groups excluding carboxylic acids is 1. The third kappa shape index (κ3) is 2.45. The van der Waals surface area contributed by atoms with Crippen molar-refractivity contribution in [1.82, 2.24) is 4.98 Å². The summed E-state index contributed by atoms with van der Waals surface area (Å²) in [6.07, 6.45) is 1.84. The van der Waals surface area contributed by atoms with Gasteiger partial charge < -0.3 is 10.6 Å². The monoisotopic (exact) mass is 319 g/mol. The summed E-state index contributed by atoms with van der Waals surface area (Å²) >= 11 is 3.25. The normalized spacial score (nSPS) is 20.2. The van der Waals surface area contributed by atoms with Crippen molar-refractivity contribution in [3.8, 4) is 0 Å². The van der Waals surface area contributed by atoms with Crippen LogP contribution in [0, 0.1) is 5.92 Å². The Balaban J connectivity index is 2.09. The summed E-state index contributed by atoms with van der Waals surface area (Å²) in [6.45, 7) is 0.534. The van der Waals surface area contributed by atoms with Crippen LogP contribution in [0.25, 0.3) is 0 Å². The van der Waals surface area contributed by atoms with Gasteiger partial charge in [0, 0.05) is 23.8 Å². The number of rotatable bonds is 3. The van der Waals surface area contributed by atoms with Crippen molar-refractivity contribution in [1.29, 1.82) is 0 Å². The highest BCUT2D eigenvalue weighted by molar-refractivity contribution is 9.10. The number of hydrogen-bond donors (Lipinski definition) is 1. The number of nitrogens with zero attached hydrogens (tertiary/aromatic N) is 2. The van der Waals surface area contributed by atoms with E-state index in [-0.39, 0.29) is 13.0 Å². The zero-order valence-corrected chi connectivity index (χ0v) is 11.0. The summed E-state index contributed by atoms with van der Waals surface area (Å²) in [5.74, 6) is -5.43. The van der Waals surface area contributed by atoms with Crippen LogP contribution in [0.3, 0.4) is 0 Å². The quantitative estimate of drug-likeness (QED) is 0.924. The van der Waals surface area contributed by atoms with E-state index < -0.39 is 17.7 Å². The van der Waals surface area contributed by atoms with E-state index in [0.717, 1.165) is 4.47 Å². The maximum Gasteiger partial charge on any atom is 0.328 e. The summed E-state index contributed by atoms with van der Waals surface area (Å²) in [4.78, 5) is 16.6. The summed E-state index contributed by atoms with van der Waals surface area (Å²) in [6, 6.07) is 3.54. The van der Waals surface area contributed by atoms with Gasteiger partial charge in [0.2, 0.25) is 0 Å². The van der Waals surface area contributed by atoms with Gasteiger partial charge in [0.15, 0.2) is 0 Å². The van der Waals surface area contributed by atoms with E-state index in [1.807, 2.05) is 0 Å². The number of hydrogen-bond acceptors (Lipinski definition) is 3. The lowest BCUT2D eigenvalue weighted by Crippen LogP contribution is -2.43. The molecule has 18 heavy (non-hydrogen) atoms. The molecule has 2 N–H and O–H groups in total. The fourth-order valence-corrected chi connectivity index (χ4v) is 2.26. The van der Waals surface area contributed by atoms with Gasteiger partial charge in [-0.25, -0.2) is 4.98 Å². The molecular weight excluding hydrogens is 308 g/mol. The Labute approximate surface area is 111 Å². The second-order valence-electron chi connectivity index (χ2n) is 4.25. The number of pyridine rings is 1. The topological polar surface area (TPSA) is 59.2 Å². The second kappa shape index (κ2) is 4.79. The number of nitrogens with two attached hydrogens (primary N) is 1. The highest BCUT2D eigenvalue weighted by atomic mass is 79.9. The third-order valence-electron chi connectivity index (χ3n) is 3.07. The Bertz CT molecular complexity index is 452. The van der Waals surface area contributed by atoms with Gasteiger partial charge in [-0.2, -0.15) is 8.78 Å². The zero-order chi connectivity index (χ0) is 13.3. The summed E-state index contributed by atoms with van der Waals surface area (Å²) in [7, 11) is 0. The molecule has 0 spiro atoms. The number of primary amides is 1. The van der Waals surface area contributed by atoms with E-state index in [4.69, 9.17) is 5.73 Å². The zero-order valence-electron chi connectivity index (χ0n) is 9.44. The molecule has 0 saturated carbocycles. The minimum Gasteiger partial charge on any atom is -0.364 e. The molecule has 0 aliphatic carbocycles. The molecule has 98 valence electrons. The van der Waals surface area contributed by atoms with Crippen LogP contribution in [-0.2, 0) is 4.79 Å². The van der Waals surface area contributed by atoms with Crippen molar-refractivity contribution in [3.63, 3.8) is 0 Å². The molecule has 1 aromatic heterocycles. The highest BCUT2D eigenvalue weighted by Gasteiger charge is 2.48. The van der Waals surface area contributed by atoms with Crippen molar-refractivity contribution in [2.45, 2.75) is 12.3 Å². The lowest BCUT2D eigenvalue weighted by atomic mass is 10.0. The number of amides is 1. The molecule has 7 heteroatoms. The number of aromatic nitrogens is 1. The van der Waals surface area contributed by atoms with Gasteiger partial charge in [-0.15, -0.1) is 0 Å². The summed E-state index contributed by atoms with van der Waals surface area (Å²) in [5.41, 5.74) is 4.72. The molecule has 0 aromatic carbocycles. The highest BCUT2D eigenvalue weighted by Crippen LogP contribution is 2.33. The van der Waals surface area contributed by atoms with Gasteiger partial charge >= 0.3 is 5.92 Å². The van der Waals surface area contributed by atoms with Gasteiger partial charge in [0.1, 0.15) is 5.82 Å². The standard InChI is InChI=1S/C11H12BrF2N3O/c12-8-1-2-9(16-5-8)17-4-3-7(6-17)11(13,14)10(15)18/h1-2,5,7H,3-4,6H2,(H2,15,18)/t7-/m0/s1. The molecule has 1 atom stereocenters. The van der Waals surface area contributed by atoms with E-state index in [9.17, 15) is 13.6 Å². The van der Waals surface area contributed by atoms with Crippen molar-refractivity contribution in [3.05, 3.63) is 22.8 Å². The van der Waals surface area contributed by atoms with E-state index in [2.05, 4.69) is 20.9 Å². The van der Waals surface area contributed by atoms with Crippen LogP contribution in [0.5, 0.6) is 0 Å². The molecule has 0 radical (unpaired) electrons. The van der Waals surface area contributed by atoms with Gasteiger partial charge in [0.25, 0.3) is 5.91 Å². The van der Waals surface area contributed by atoms with E-state index in [0.29, 0.717) is 12.4 Å². The van der Waals surface area contributed by atoms with Gasteiger partial charge in [-0.1, -0.05) is 0 Å². The molecule has 2 heterocycles. The molecule has 0 bridgehead atoms. The molecule has 4 nitrogen and oxygen atoms in total. The van der Waals surface area contributed by atoms with E-state index >= 15 is 0 Å². The van der Waals surface area contributed by atoms with Crippen LogP contribution in [0.4, 0.5) is 14.6 Å². The second-order valence-corrected chi connectivity index (χ2v) is 5.17. The predicted octanol–water partition coefficient (Wildman–Crippen LogP) is 1.79. The van der Waals surface area contributed by atoms with Crippen molar-refractivity contribution >= 4 is 27.7 Å². The molecule has 1 saturated heterocycles. The Morgan fingerprint density at radius 1 is 1.56 bits per heavy atom. The first-order valence-corrected chi connectivity index (χ1v) is 6.25. The van der Waals surface area contributed by atoms with E-state index in [1.54, 1.807) is 23.2 Å². The van der Waals surface area contributed by atoms with E-state index in [1.165, 1.54) is 0 Å². The smallest absolute Gasteiger partial charge is 0.328 e. The van der Waals surface area contributed by atoms with Gasteiger partial charge in [-0.05, 0) is 34.5 Å². The molecule has 1 aliphatic rings. The van der Waals surface area contributed by atoms with Gasteiger partial charge in [0.05, 0.1) is 5.92 Å². The summed E-state index contributed by atoms with van der Waals surface area (Å²) < 4.78 is 27.8. The minimum atomic E-state index is -3.45. The minimum absolute atomic E-state index is 0.0879. The van der Waals surface area contributed by atoms with Crippen molar-refractivity contribution in [2.24, 2.45) is 11.7 Å². The average molecular weight is 320 g/mol. The maximum atomic E-state index is 13.5. The Kier molecular flexibility index (Phi) is 3.52. The Morgan fingerprint density at radius 2 is 2.28 bits per heavy atom. The largest absolute Gasteiger partial charge is 0.364 e. The number of alkyl halides is 2. The van der Waals surface area contributed by atoms with Crippen LogP contribution in [-0.4, -0.2) is 29.9 Å². The van der Waals surface area contributed by atoms with Crippen LogP contribution < -0.4 is 10.6 Å². The summed E-state index contributed by atoms with van der Waals surface area (Å²) in [5, 5.41) is 0. The number of anilines is 1. The number of carbonyl (C=O) groups is 1. The van der Waals surface area contributed by atoms with Crippen LogP contribution in [0.1, 0.15) is 6.42 Å². The Hall–Kier alpha value is -1.24. The van der Waals surface area contributed by atoms with Gasteiger partial charge in [-0.3, -0.25) is 4.79 Å². The molecule has 0 unspecified atom stereocenters. The van der Waals surface area contributed by atoms with Crippen LogP contribution in [0.2, 0.25) is 0 Å². The SMILES string of the molecule is NC(=O)C(F)(F)[C@H]1CCN(c2ccc(Br)cn2)C1. The first kappa shape index (κ1) is 13.2. The first-order valence-electron chi connectivity index (χ1n) is 5.45. The van der Waals surface area contributed by atoms with Crippen molar-refractivity contribution in [2.75, 3.05) is 18.0 Å².